The molecule has 0 atom stereocenters. The van der Waals surface area contributed by atoms with Crippen LogP contribution in [0.15, 0.2) is 42.7 Å². The molecule has 2 aromatic rings. The Bertz CT molecular complexity index is 531. The van der Waals surface area contributed by atoms with Crippen molar-refractivity contribution in [3.05, 3.63) is 54.0 Å². The summed E-state index contributed by atoms with van der Waals surface area (Å²) in [6.45, 7) is 0.519. The van der Waals surface area contributed by atoms with E-state index in [0.717, 1.165) is 17.7 Å². The van der Waals surface area contributed by atoms with Crippen molar-refractivity contribution in [3.63, 3.8) is 0 Å². The second-order valence-electron chi connectivity index (χ2n) is 3.67. The highest BCUT2D eigenvalue weighted by Gasteiger charge is 2.01. The van der Waals surface area contributed by atoms with Crippen molar-refractivity contribution in [2.24, 2.45) is 5.73 Å². The number of rotatable bonds is 5. The van der Waals surface area contributed by atoms with Crippen LogP contribution in [-0.2, 0) is 6.42 Å². The van der Waals surface area contributed by atoms with Gasteiger partial charge in [-0.3, -0.25) is 4.98 Å². The molecule has 2 heterocycles. The van der Waals surface area contributed by atoms with Crippen LogP contribution >= 0.6 is 12.2 Å². The van der Waals surface area contributed by atoms with Gasteiger partial charge in [0.1, 0.15) is 4.99 Å². The van der Waals surface area contributed by atoms with E-state index in [1.807, 2.05) is 18.2 Å². The van der Waals surface area contributed by atoms with E-state index in [1.165, 1.54) is 0 Å². The Balaban J connectivity index is 1.90. The van der Waals surface area contributed by atoms with Gasteiger partial charge < -0.3 is 10.5 Å². The average Bonchev–Trinajstić information content (AvgIpc) is 2.40. The Morgan fingerprint density at radius 2 is 2.11 bits per heavy atom. The van der Waals surface area contributed by atoms with Crippen LogP contribution in [0.3, 0.4) is 0 Å². The van der Waals surface area contributed by atoms with Gasteiger partial charge in [-0.2, -0.15) is 0 Å². The van der Waals surface area contributed by atoms with Crippen molar-refractivity contribution in [1.29, 1.82) is 0 Å². The number of ether oxygens (including phenoxy) is 1. The monoisotopic (exact) mass is 259 g/mol. The fourth-order valence-corrected chi connectivity index (χ4v) is 1.57. The third-order valence-electron chi connectivity index (χ3n) is 2.35. The zero-order valence-corrected chi connectivity index (χ0v) is 10.6. The van der Waals surface area contributed by atoms with E-state index < -0.39 is 0 Å². The highest BCUT2D eigenvalue weighted by atomic mass is 32.1. The molecule has 18 heavy (non-hydrogen) atoms. The lowest BCUT2D eigenvalue weighted by molar-refractivity contribution is 0.308. The van der Waals surface area contributed by atoms with E-state index in [9.17, 15) is 0 Å². The fourth-order valence-electron chi connectivity index (χ4n) is 1.45. The number of hydrogen-bond acceptors (Lipinski definition) is 4. The van der Waals surface area contributed by atoms with E-state index in [-0.39, 0.29) is 0 Å². The summed E-state index contributed by atoms with van der Waals surface area (Å²) >= 11 is 4.90. The molecule has 0 aliphatic carbocycles. The molecule has 92 valence electrons. The van der Waals surface area contributed by atoms with Crippen LogP contribution in [0, 0.1) is 0 Å². The maximum absolute atomic E-state index is 5.54. The Morgan fingerprint density at radius 3 is 2.83 bits per heavy atom. The van der Waals surface area contributed by atoms with Gasteiger partial charge in [0, 0.05) is 36.1 Å². The highest BCUT2D eigenvalue weighted by molar-refractivity contribution is 7.80. The Morgan fingerprint density at radius 1 is 1.22 bits per heavy atom. The molecule has 2 N–H and O–H groups in total. The first-order valence-electron chi connectivity index (χ1n) is 5.54. The van der Waals surface area contributed by atoms with Crippen molar-refractivity contribution in [1.82, 2.24) is 9.97 Å². The van der Waals surface area contributed by atoms with Crippen molar-refractivity contribution >= 4 is 17.2 Å². The van der Waals surface area contributed by atoms with Crippen LogP contribution in [0.25, 0.3) is 0 Å². The maximum atomic E-state index is 5.54. The van der Waals surface area contributed by atoms with E-state index in [0.29, 0.717) is 17.5 Å². The van der Waals surface area contributed by atoms with Gasteiger partial charge >= 0.3 is 0 Å². The van der Waals surface area contributed by atoms with Crippen LogP contribution < -0.4 is 10.5 Å². The number of thiocarbonyl (C=S) groups is 1. The lowest BCUT2D eigenvalue weighted by Crippen LogP contribution is -2.10. The van der Waals surface area contributed by atoms with Crippen LogP contribution in [-0.4, -0.2) is 21.6 Å². The van der Waals surface area contributed by atoms with Crippen LogP contribution in [0.1, 0.15) is 11.3 Å². The molecule has 0 spiro atoms. The molecule has 0 aromatic carbocycles. The smallest absolute Gasteiger partial charge is 0.213 e. The minimum atomic E-state index is 0.340. The lowest BCUT2D eigenvalue weighted by atomic mass is 10.2. The van der Waals surface area contributed by atoms with Gasteiger partial charge in [0.15, 0.2) is 0 Å². The number of nitrogens with two attached hydrogens (primary N) is 1. The highest BCUT2D eigenvalue weighted by Crippen LogP contribution is 2.09. The molecule has 0 aliphatic heterocycles. The third kappa shape index (κ3) is 3.49. The topological polar surface area (TPSA) is 61.0 Å². The Labute approximate surface area is 111 Å². The first kappa shape index (κ1) is 12.4. The zero-order valence-electron chi connectivity index (χ0n) is 9.74. The molecule has 0 radical (unpaired) electrons. The maximum Gasteiger partial charge on any atom is 0.213 e. The minimum absolute atomic E-state index is 0.340. The third-order valence-corrected chi connectivity index (χ3v) is 2.59. The summed E-state index contributed by atoms with van der Waals surface area (Å²) < 4.78 is 5.53. The summed E-state index contributed by atoms with van der Waals surface area (Å²) in [4.78, 5) is 8.65. The summed E-state index contributed by atoms with van der Waals surface area (Å²) in [5, 5.41) is 0. The molecule has 0 bridgehead atoms. The summed E-state index contributed by atoms with van der Waals surface area (Å²) in [5.74, 6) is 0.524. The average molecular weight is 259 g/mol. The van der Waals surface area contributed by atoms with Crippen molar-refractivity contribution in [2.75, 3.05) is 6.61 Å². The number of aromatic nitrogens is 2. The quantitative estimate of drug-likeness (QED) is 0.829. The van der Waals surface area contributed by atoms with Crippen LogP contribution in [0.2, 0.25) is 0 Å². The van der Waals surface area contributed by atoms with Gasteiger partial charge in [0.25, 0.3) is 0 Å². The molecule has 2 aromatic heterocycles. The molecule has 0 aliphatic rings. The number of pyridine rings is 2. The van der Waals surface area contributed by atoms with Gasteiger partial charge in [-0.1, -0.05) is 18.3 Å². The molecule has 0 unspecified atom stereocenters. The second-order valence-corrected chi connectivity index (χ2v) is 4.11. The van der Waals surface area contributed by atoms with Gasteiger partial charge in [0.05, 0.1) is 6.61 Å². The van der Waals surface area contributed by atoms with E-state index in [1.54, 1.807) is 24.5 Å². The van der Waals surface area contributed by atoms with Gasteiger partial charge in [-0.15, -0.1) is 0 Å². The lowest BCUT2D eigenvalue weighted by Gasteiger charge is -2.06. The molecular formula is C13H13N3OS. The molecule has 5 heteroatoms. The molecule has 0 saturated heterocycles. The van der Waals surface area contributed by atoms with Crippen molar-refractivity contribution in [3.8, 4) is 5.88 Å². The molecule has 0 saturated carbocycles. The van der Waals surface area contributed by atoms with Gasteiger partial charge in [-0.05, 0) is 18.2 Å². The van der Waals surface area contributed by atoms with Crippen molar-refractivity contribution < 1.29 is 4.74 Å². The summed E-state index contributed by atoms with van der Waals surface area (Å²) in [6.07, 6.45) is 4.13. The molecule has 0 fully saturated rings. The standard InChI is InChI=1S/C13H13N3OS/c14-13(18)10-4-7-16-12(9-10)17-8-5-11-3-1-2-6-15-11/h1-4,6-7,9H,5,8H2,(H2,14,18). The molecule has 4 nitrogen and oxygen atoms in total. The summed E-state index contributed by atoms with van der Waals surface area (Å²) in [5.41, 5.74) is 7.29. The Hall–Kier alpha value is -2.01. The van der Waals surface area contributed by atoms with E-state index >= 15 is 0 Å². The van der Waals surface area contributed by atoms with Gasteiger partial charge in [0.2, 0.25) is 5.88 Å². The molecule has 0 amide bonds. The first-order valence-corrected chi connectivity index (χ1v) is 5.95. The van der Waals surface area contributed by atoms with Crippen LogP contribution in [0.4, 0.5) is 0 Å². The van der Waals surface area contributed by atoms with Crippen LogP contribution in [0.5, 0.6) is 5.88 Å². The molecular weight excluding hydrogens is 246 g/mol. The summed E-state index contributed by atoms with van der Waals surface area (Å²) in [6, 6.07) is 9.29. The van der Waals surface area contributed by atoms with Gasteiger partial charge in [-0.25, -0.2) is 4.98 Å². The SMILES string of the molecule is NC(=S)c1ccnc(OCCc2ccccn2)c1. The zero-order chi connectivity index (χ0) is 12.8. The Kier molecular flexibility index (Phi) is 4.20. The predicted molar refractivity (Wildman–Crippen MR) is 73.6 cm³/mol. The summed E-state index contributed by atoms with van der Waals surface area (Å²) in [7, 11) is 0. The first-order chi connectivity index (χ1) is 8.75. The number of hydrogen-bond donors (Lipinski definition) is 1. The van der Waals surface area contributed by atoms with Crippen molar-refractivity contribution in [2.45, 2.75) is 6.42 Å². The fraction of sp³-hybridized carbons (Fsp3) is 0.154. The van der Waals surface area contributed by atoms with E-state index in [2.05, 4.69) is 9.97 Å². The largest absolute Gasteiger partial charge is 0.477 e. The molecule has 2 rings (SSSR count). The number of nitrogens with zero attached hydrogens (tertiary/aromatic N) is 2. The minimum Gasteiger partial charge on any atom is -0.477 e. The second kappa shape index (κ2) is 6.07. The van der Waals surface area contributed by atoms with E-state index in [4.69, 9.17) is 22.7 Å². The normalized spacial score (nSPS) is 10.0. The predicted octanol–water partition coefficient (Wildman–Crippen LogP) is 1.73.